The first-order valence-corrected chi connectivity index (χ1v) is 10.7. The molecule has 1 saturated carbocycles. The Morgan fingerprint density at radius 3 is 2.79 bits per heavy atom. The van der Waals surface area contributed by atoms with Crippen molar-refractivity contribution in [1.29, 1.82) is 0 Å². The lowest BCUT2D eigenvalue weighted by molar-refractivity contribution is 0.183. The highest BCUT2D eigenvalue weighted by atomic mass is 35.5. The molecule has 4 aliphatic rings. The van der Waals surface area contributed by atoms with E-state index >= 15 is 0 Å². The fraction of sp³-hybridized carbons (Fsp3) is 0.429. The van der Waals surface area contributed by atoms with Crippen LogP contribution in [0.4, 0.5) is 0 Å². The van der Waals surface area contributed by atoms with Crippen LogP contribution in [0.15, 0.2) is 57.8 Å². The summed E-state index contributed by atoms with van der Waals surface area (Å²) in [5, 5.41) is 12.1. The van der Waals surface area contributed by atoms with E-state index in [1.165, 1.54) is 5.57 Å². The van der Waals surface area contributed by atoms with E-state index in [9.17, 15) is 0 Å². The topological polar surface area (TPSA) is 43.8 Å². The van der Waals surface area contributed by atoms with Crippen molar-refractivity contribution in [1.82, 2.24) is 20.2 Å². The maximum absolute atomic E-state index is 6.24. The van der Waals surface area contributed by atoms with Crippen LogP contribution in [0.25, 0.3) is 0 Å². The Hall–Kier alpha value is -1.98. The third-order valence-electron chi connectivity index (χ3n) is 6.11. The van der Waals surface area contributed by atoms with Gasteiger partial charge in [0.25, 0.3) is 0 Å². The van der Waals surface area contributed by atoms with Gasteiger partial charge in [0.05, 0.1) is 6.04 Å². The average molecular weight is 416 g/mol. The maximum atomic E-state index is 6.24. The third kappa shape index (κ3) is 3.42. The summed E-state index contributed by atoms with van der Waals surface area (Å²) in [6.45, 7) is 0.872. The minimum atomic E-state index is 0.416. The molecular weight excluding hydrogens is 393 g/mol. The number of allylic oxidation sites excluding steroid dienone is 2. The average Bonchev–Trinajstić information content (AvgIpc) is 3.02. The van der Waals surface area contributed by atoms with Crippen LogP contribution in [0.2, 0.25) is 5.02 Å². The molecule has 0 aromatic carbocycles. The molecule has 3 heterocycles. The van der Waals surface area contributed by atoms with E-state index in [0.717, 1.165) is 72.3 Å². The summed E-state index contributed by atoms with van der Waals surface area (Å²) in [4.78, 5) is 6.78. The van der Waals surface area contributed by atoms with Gasteiger partial charge in [-0.3, -0.25) is 4.98 Å². The third-order valence-corrected chi connectivity index (χ3v) is 6.65. The second-order valence-electron chi connectivity index (χ2n) is 7.86. The van der Waals surface area contributed by atoms with Crippen molar-refractivity contribution >= 4 is 29.5 Å². The zero-order chi connectivity index (χ0) is 19.1. The molecule has 1 fully saturated rings. The maximum Gasteiger partial charge on any atom is 0.147 e. The van der Waals surface area contributed by atoms with Crippen LogP contribution in [-0.2, 0) is 0 Å². The van der Waals surface area contributed by atoms with E-state index in [-0.39, 0.29) is 0 Å². The smallest absolute Gasteiger partial charge is 0.147 e. The summed E-state index contributed by atoms with van der Waals surface area (Å²) < 4.78 is 0. The Balaban J connectivity index is 1.27. The molecule has 0 radical (unpaired) electrons. The molecule has 0 amide bonds. The molecule has 1 N–H and O–H groups in total. The quantitative estimate of drug-likeness (QED) is 0.745. The number of hydrazone groups is 1. The lowest BCUT2D eigenvalue weighted by Crippen LogP contribution is -2.35. The number of aromatic nitrogens is 1. The Bertz CT molecular complexity index is 896. The number of pyridine rings is 1. The monoisotopic (exact) mass is 415 g/mol. The van der Waals surface area contributed by atoms with Gasteiger partial charge < -0.3 is 10.2 Å². The van der Waals surface area contributed by atoms with E-state index in [1.54, 1.807) is 0 Å². The van der Waals surface area contributed by atoms with Crippen LogP contribution in [-0.4, -0.2) is 33.8 Å². The molecule has 5 rings (SSSR count). The molecule has 7 heteroatoms. The van der Waals surface area contributed by atoms with E-state index in [2.05, 4.69) is 32.5 Å². The molecule has 0 spiro atoms. The van der Waals surface area contributed by atoms with Crippen molar-refractivity contribution in [3.05, 3.63) is 63.4 Å². The van der Waals surface area contributed by atoms with Crippen molar-refractivity contribution in [3.63, 3.8) is 0 Å². The van der Waals surface area contributed by atoms with Gasteiger partial charge in [0.2, 0.25) is 0 Å². The number of hydrogen-bond acceptors (Lipinski definition) is 5. The van der Waals surface area contributed by atoms with Gasteiger partial charge in [-0.25, -0.2) is 5.01 Å². The molecule has 0 bridgehead atoms. The molecule has 2 aliphatic heterocycles. The molecule has 0 unspecified atom stereocenters. The van der Waals surface area contributed by atoms with Crippen LogP contribution in [0.1, 0.15) is 50.1 Å². The highest BCUT2D eigenvalue weighted by Gasteiger charge is 2.34. The van der Waals surface area contributed by atoms with Crippen LogP contribution >= 0.6 is 23.2 Å². The number of hydrogen-bond donors (Lipinski definition) is 1. The zero-order valence-electron chi connectivity index (χ0n) is 15.6. The predicted octanol–water partition coefficient (Wildman–Crippen LogP) is 4.89. The van der Waals surface area contributed by atoms with Gasteiger partial charge in [-0.05, 0) is 62.3 Å². The number of nitrogens with zero attached hydrogens (tertiary/aromatic N) is 4. The Kier molecular flexibility index (Phi) is 4.81. The zero-order valence-corrected chi connectivity index (χ0v) is 17.1. The van der Waals surface area contributed by atoms with Crippen LogP contribution in [0, 0.1) is 0 Å². The van der Waals surface area contributed by atoms with Gasteiger partial charge in [0.15, 0.2) is 0 Å². The molecule has 28 heavy (non-hydrogen) atoms. The summed E-state index contributed by atoms with van der Waals surface area (Å²) in [5.74, 6) is 1.61. The van der Waals surface area contributed by atoms with Crippen LogP contribution in [0.3, 0.4) is 0 Å². The van der Waals surface area contributed by atoms with Crippen LogP contribution in [0.5, 0.6) is 0 Å². The van der Waals surface area contributed by atoms with Crippen molar-refractivity contribution in [2.75, 3.05) is 6.54 Å². The number of nitrogens with one attached hydrogen (secondary N) is 1. The molecule has 1 aromatic heterocycles. The summed E-state index contributed by atoms with van der Waals surface area (Å²) in [7, 11) is 0. The van der Waals surface area contributed by atoms with Crippen molar-refractivity contribution < 1.29 is 0 Å². The van der Waals surface area contributed by atoms with Gasteiger partial charge in [0.1, 0.15) is 12.2 Å². The first-order chi connectivity index (χ1) is 13.7. The molecule has 146 valence electrons. The first-order valence-electron chi connectivity index (χ1n) is 9.93. The fourth-order valence-corrected chi connectivity index (χ4v) is 4.94. The van der Waals surface area contributed by atoms with E-state index in [4.69, 9.17) is 28.3 Å². The highest BCUT2D eigenvalue weighted by Crippen LogP contribution is 2.38. The predicted molar refractivity (Wildman–Crippen MR) is 113 cm³/mol. The minimum Gasteiger partial charge on any atom is -0.358 e. The molecular formula is C21H23Cl2N5. The Morgan fingerprint density at radius 1 is 1.11 bits per heavy atom. The molecule has 2 aliphatic carbocycles. The van der Waals surface area contributed by atoms with Gasteiger partial charge in [0, 0.05) is 46.3 Å². The molecule has 1 aromatic rings. The van der Waals surface area contributed by atoms with Crippen molar-refractivity contribution in [2.24, 2.45) is 5.10 Å². The Morgan fingerprint density at radius 2 is 1.96 bits per heavy atom. The van der Waals surface area contributed by atoms with Crippen molar-refractivity contribution in [3.8, 4) is 0 Å². The highest BCUT2D eigenvalue weighted by molar-refractivity contribution is 6.30. The van der Waals surface area contributed by atoms with Crippen LogP contribution < -0.4 is 5.32 Å². The normalized spacial score (nSPS) is 26.9. The molecule has 5 nitrogen and oxygen atoms in total. The largest absolute Gasteiger partial charge is 0.358 e. The first kappa shape index (κ1) is 18.1. The van der Waals surface area contributed by atoms with E-state index in [1.807, 2.05) is 24.7 Å². The van der Waals surface area contributed by atoms with Gasteiger partial charge in [-0.2, -0.15) is 5.10 Å². The minimum absolute atomic E-state index is 0.416. The Labute approximate surface area is 175 Å². The summed E-state index contributed by atoms with van der Waals surface area (Å²) in [6, 6.07) is 4.26. The van der Waals surface area contributed by atoms with Crippen molar-refractivity contribution in [2.45, 2.75) is 50.5 Å². The lowest BCUT2D eigenvalue weighted by atomic mass is 9.83. The fourth-order valence-electron chi connectivity index (χ4n) is 4.57. The summed E-state index contributed by atoms with van der Waals surface area (Å²) in [5.41, 5.74) is 3.65. The number of halogens is 2. The number of rotatable bonds is 2. The van der Waals surface area contributed by atoms with E-state index in [0.29, 0.717) is 12.0 Å². The van der Waals surface area contributed by atoms with Gasteiger partial charge in [-0.1, -0.05) is 23.2 Å². The second-order valence-corrected chi connectivity index (χ2v) is 8.79. The SMILES string of the molecule is ClC1=CC2=C(CC1)CN1C=NN(C3CCC(c4cc(Cl)ccn4)CC3)C1=CN2. The van der Waals surface area contributed by atoms with Gasteiger partial charge in [-0.15, -0.1) is 0 Å². The standard InChI is InChI=1S/C21H23Cl2N5/c22-16-4-1-15-12-27-13-26-28(21(27)11-25-20(15)9-16)18-5-2-14(3-6-18)19-10-17(23)7-8-24-19/h7-11,13-14,18,25H,1-6,12H2. The second kappa shape index (κ2) is 7.45. The summed E-state index contributed by atoms with van der Waals surface area (Å²) >= 11 is 12.4. The molecule has 0 saturated heterocycles. The molecule has 0 atom stereocenters. The van der Waals surface area contributed by atoms with Gasteiger partial charge >= 0.3 is 0 Å². The lowest BCUT2D eigenvalue weighted by Gasteiger charge is -2.34. The summed E-state index contributed by atoms with van der Waals surface area (Å²) in [6.07, 6.45) is 14.2. The van der Waals surface area contributed by atoms with E-state index < -0.39 is 0 Å². The number of fused-ring (bicyclic) bond motifs is 1.